The van der Waals surface area contributed by atoms with Gasteiger partial charge in [-0.05, 0) is 88.0 Å². The quantitative estimate of drug-likeness (QED) is 0.448. The first-order chi connectivity index (χ1) is 16.7. The number of likely N-dealkylation sites (tertiary alicyclic amines) is 1. The van der Waals surface area contributed by atoms with Gasteiger partial charge in [-0.3, -0.25) is 4.99 Å². The van der Waals surface area contributed by atoms with Gasteiger partial charge < -0.3 is 14.8 Å². The lowest BCUT2D eigenvalue weighted by atomic mass is 9.89. The molecule has 2 aromatic carbocycles. The summed E-state index contributed by atoms with van der Waals surface area (Å²) in [7, 11) is 0. The Morgan fingerprint density at radius 3 is 2.74 bits per heavy atom. The van der Waals surface area contributed by atoms with Crippen LogP contribution in [0.25, 0.3) is 16.6 Å². The number of para-hydroxylation sites is 2. The molecule has 2 aliphatic heterocycles. The highest BCUT2D eigenvalue weighted by Gasteiger charge is 2.21. The Morgan fingerprint density at radius 2 is 1.94 bits per heavy atom. The summed E-state index contributed by atoms with van der Waals surface area (Å²) in [6.07, 6.45) is 8.83. The van der Waals surface area contributed by atoms with Crippen molar-refractivity contribution in [2.45, 2.75) is 45.1 Å². The largest absolute Gasteiger partial charge is 0.360 e. The Morgan fingerprint density at radius 1 is 1.09 bits per heavy atom. The van der Waals surface area contributed by atoms with Crippen molar-refractivity contribution in [2.24, 2.45) is 4.99 Å². The molecule has 0 saturated carbocycles. The second kappa shape index (κ2) is 10.4. The fraction of sp³-hybridized carbons (Fsp3) is 0.379. The van der Waals surface area contributed by atoms with Crippen molar-refractivity contribution in [3.05, 3.63) is 78.3 Å². The number of nitrogens with one attached hydrogen (secondary N) is 1. The predicted molar refractivity (Wildman–Crippen MR) is 144 cm³/mol. The number of fused-ring (bicyclic) bond motifs is 1. The van der Waals surface area contributed by atoms with Crippen LogP contribution in [0.15, 0.2) is 71.9 Å². The number of hydrogen-bond donors (Lipinski definition) is 1. The Hall–Kier alpha value is -3.18. The van der Waals surface area contributed by atoms with E-state index in [0.717, 1.165) is 73.9 Å². The number of anilines is 1. The van der Waals surface area contributed by atoms with Crippen LogP contribution < -0.4 is 5.32 Å². The van der Waals surface area contributed by atoms with Crippen molar-refractivity contribution < 1.29 is 0 Å². The molecule has 2 aliphatic rings. The maximum atomic E-state index is 4.95. The van der Waals surface area contributed by atoms with E-state index in [4.69, 9.17) is 4.98 Å². The molecule has 0 bridgehead atoms. The predicted octanol–water partition coefficient (Wildman–Crippen LogP) is 6.11. The Labute approximate surface area is 202 Å². The molecule has 176 valence electrons. The highest BCUT2D eigenvalue weighted by atomic mass is 15.1. The average Bonchev–Trinajstić information content (AvgIpc) is 3.23. The Balaban J connectivity index is 1.19. The summed E-state index contributed by atoms with van der Waals surface area (Å²) in [6.45, 7) is 11.3. The van der Waals surface area contributed by atoms with Crippen LogP contribution in [-0.2, 0) is 6.54 Å². The van der Waals surface area contributed by atoms with E-state index in [1.165, 1.54) is 23.9 Å². The lowest BCUT2D eigenvalue weighted by Gasteiger charge is -2.32. The van der Waals surface area contributed by atoms with Crippen LogP contribution in [0.4, 0.5) is 5.69 Å². The molecule has 3 heterocycles. The molecule has 0 aliphatic carbocycles. The van der Waals surface area contributed by atoms with E-state index >= 15 is 0 Å². The van der Waals surface area contributed by atoms with Gasteiger partial charge in [-0.25, -0.2) is 4.98 Å². The minimum atomic E-state index is 0.643. The number of rotatable bonds is 8. The zero-order valence-corrected chi connectivity index (χ0v) is 20.2. The number of nitrogens with zero attached hydrogens (tertiary/aromatic N) is 4. The van der Waals surface area contributed by atoms with Gasteiger partial charge in [-0.2, -0.15) is 0 Å². The summed E-state index contributed by atoms with van der Waals surface area (Å²) < 4.78 is 2.39. The molecule has 3 aromatic rings. The van der Waals surface area contributed by atoms with E-state index in [-0.39, 0.29) is 0 Å². The first-order valence-corrected chi connectivity index (χ1v) is 12.6. The Bertz CT molecular complexity index is 1210. The molecule has 1 fully saturated rings. The van der Waals surface area contributed by atoms with E-state index in [0.29, 0.717) is 5.92 Å². The number of allylic oxidation sites excluding steroid dienone is 2. The third-order valence-corrected chi connectivity index (χ3v) is 6.92. The molecule has 0 unspecified atom stereocenters. The number of benzene rings is 2. The molecule has 1 aromatic heterocycles. The Kier molecular flexibility index (Phi) is 6.91. The van der Waals surface area contributed by atoms with Crippen molar-refractivity contribution in [3.8, 4) is 0 Å². The van der Waals surface area contributed by atoms with Crippen LogP contribution in [-0.4, -0.2) is 46.8 Å². The van der Waals surface area contributed by atoms with Crippen LogP contribution in [0.5, 0.6) is 0 Å². The van der Waals surface area contributed by atoms with Crippen molar-refractivity contribution in [1.29, 1.82) is 0 Å². The smallest absolute Gasteiger partial charge is 0.142 e. The normalized spacial score (nSPS) is 17.1. The second-order valence-corrected chi connectivity index (χ2v) is 9.56. The molecular weight excluding hydrogens is 418 g/mol. The number of aromatic nitrogens is 2. The third kappa shape index (κ3) is 5.15. The number of piperidine rings is 1. The zero-order valence-electron chi connectivity index (χ0n) is 20.2. The van der Waals surface area contributed by atoms with Gasteiger partial charge in [0.2, 0.25) is 0 Å². The summed E-state index contributed by atoms with van der Waals surface area (Å²) in [5.41, 5.74) is 7.03. The van der Waals surface area contributed by atoms with Crippen molar-refractivity contribution >= 4 is 28.5 Å². The second-order valence-electron chi connectivity index (χ2n) is 9.56. The van der Waals surface area contributed by atoms with Gasteiger partial charge in [-0.1, -0.05) is 36.9 Å². The number of aryl methyl sites for hydroxylation is 1. The van der Waals surface area contributed by atoms with Crippen LogP contribution in [0.1, 0.15) is 49.9 Å². The van der Waals surface area contributed by atoms with Gasteiger partial charge in [0.25, 0.3) is 0 Å². The molecule has 5 rings (SSSR count). The van der Waals surface area contributed by atoms with Crippen molar-refractivity contribution in [2.75, 3.05) is 31.5 Å². The van der Waals surface area contributed by atoms with Crippen LogP contribution >= 0.6 is 0 Å². The number of hydrogen-bond acceptors (Lipinski definition) is 4. The monoisotopic (exact) mass is 453 g/mol. The minimum Gasteiger partial charge on any atom is -0.360 e. The van der Waals surface area contributed by atoms with Gasteiger partial charge in [-0.15, -0.1) is 0 Å². The molecule has 5 nitrogen and oxygen atoms in total. The van der Waals surface area contributed by atoms with Crippen LogP contribution in [0, 0.1) is 0 Å². The molecule has 0 radical (unpaired) electrons. The van der Waals surface area contributed by atoms with Gasteiger partial charge in [0, 0.05) is 36.3 Å². The van der Waals surface area contributed by atoms with E-state index in [1.807, 2.05) is 13.1 Å². The fourth-order valence-corrected chi connectivity index (χ4v) is 5.24. The molecule has 34 heavy (non-hydrogen) atoms. The molecule has 1 saturated heterocycles. The average molecular weight is 454 g/mol. The first kappa shape index (κ1) is 22.6. The van der Waals surface area contributed by atoms with E-state index in [2.05, 4.69) is 81.0 Å². The van der Waals surface area contributed by atoms with Crippen LogP contribution in [0.2, 0.25) is 0 Å². The van der Waals surface area contributed by atoms with E-state index in [9.17, 15) is 0 Å². The summed E-state index contributed by atoms with van der Waals surface area (Å²) in [5.74, 6) is 1.71. The minimum absolute atomic E-state index is 0.643. The molecule has 0 spiro atoms. The summed E-state index contributed by atoms with van der Waals surface area (Å²) in [5, 5.41) is 3.35. The standard InChI is InChI=1S/C29H35N5/c1-22(2)31-26-10-5-8-24(20-26)23-13-18-33(19-14-23)16-7-17-34-28-12-4-3-11-27(28)32-29(34)25-9-6-15-30-21-25/h3-5,8-12,20-21,23,31H,1,6-7,13-19H2,2H3. The maximum absolute atomic E-state index is 4.95. The van der Waals surface area contributed by atoms with Gasteiger partial charge in [0.05, 0.1) is 11.0 Å². The summed E-state index contributed by atoms with van der Waals surface area (Å²) in [4.78, 5) is 12.1. The number of aliphatic imine (C=N–C) groups is 1. The molecule has 0 amide bonds. The number of dihydropyridines is 1. The highest BCUT2D eigenvalue weighted by molar-refractivity contribution is 6.09. The van der Waals surface area contributed by atoms with E-state index in [1.54, 1.807) is 0 Å². The topological polar surface area (TPSA) is 45.5 Å². The molecule has 5 heteroatoms. The van der Waals surface area contributed by atoms with Gasteiger partial charge in [0.15, 0.2) is 0 Å². The molecule has 1 N–H and O–H groups in total. The lowest BCUT2D eigenvalue weighted by Crippen LogP contribution is -2.34. The lowest BCUT2D eigenvalue weighted by molar-refractivity contribution is 0.207. The maximum Gasteiger partial charge on any atom is 0.142 e. The SMILES string of the molecule is C=C(C)Nc1cccc(C2CCN(CCCn3c(C4=CCCN=C4)nc4ccccc43)CC2)c1. The molecular formula is C29H35N5. The fourth-order valence-electron chi connectivity index (χ4n) is 5.24. The van der Waals surface area contributed by atoms with Crippen molar-refractivity contribution in [1.82, 2.24) is 14.5 Å². The highest BCUT2D eigenvalue weighted by Crippen LogP contribution is 2.30. The van der Waals surface area contributed by atoms with Crippen molar-refractivity contribution in [3.63, 3.8) is 0 Å². The zero-order chi connectivity index (χ0) is 23.3. The summed E-state index contributed by atoms with van der Waals surface area (Å²) >= 11 is 0. The van der Waals surface area contributed by atoms with Crippen LogP contribution in [0.3, 0.4) is 0 Å². The molecule has 0 atom stereocenters. The third-order valence-electron chi connectivity index (χ3n) is 6.92. The first-order valence-electron chi connectivity index (χ1n) is 12.6. The summed E-state index contributed by atoms with van der Waals surface area (Å²) in [6, 6.07) is 17.3. The van der Waals surface area contributed by atoms with Gasteiger partial charge in [0.1, 0.15) is 5.82 Å². The van der Waals surface area contributed by atoms with E-state index < -0.39 is 0 Å². The van der Waals surface area contributed by atoms with Gasteiger partial charge >= 0.3 is 0 Å². The number of imidazole rings is 1.